The highest BCUT2D eigenvalue weighted by Crippen LogP contribution is 2.04. The molecular formula is C11H19NO2. The second kappa shape index (κ2) is 6.44. The summed E-state index contributed by atoms with van der Waals surface area (Å²) in [5.74, 6) is 1.68. The number of unbranched alkanes of at least 4 members (excludes halogenated alkanes) is 2. The molecule has 0 aromatic heterocycles. The number of carbonyl (C=O) groups is 1. The van der Waals surface area contributed by atoms with Gasteiger partial charge in [-0.1, -0.05) is 0 Å². The minimum atomic E-state index is -0.956. The molecule has 0 radical (unpaired) electrons. The maximum Gasteiger partial charge on any atom is 0.140 e. The van der Waals surface area contributed by atoms with E-state index in [0.29, 0.717) is 6.42 Å². The van der Waals surface area contributed by atoms with E-state index in [-0.39, 0.29) is 6.42 Å². The van der Waals surface area contributed by atoms with Gasteiger partial charge in [0, 0.05) is 5.97 Å². The van der Waals surface area contributed by atoms with Crippen LogP contribution in [0.15, 0.2) is 0 Å². The second-order valence-corrected chi connectivity index (χ2v) is 4.20. The highest BCUT2D eigenvalue weighted by molar-refractivity contribution is 5.63. The molecule has 0 heterocycles. The Kier molecular flexibility index (Phi) is 5.98. The monoisotopic (exact) mass is 197 g/mol. The predicted molar refractivity (Wildman–Crippen MR) is 54.2 cm³/mol. The van der Waals surface area contributed by atoms with E-state index >= 15 is 0 Å². The zero-order chi connectivity index (χ0) is 11.0. The molecule has 80 valence electrons. The Balaban J connectivity index is 3.45. The lowest BCUT2D eigenvalue weighted by Crippen LogP contribution is -2.40. The minimum absolute atomic E-state index is 0.169. The number of hydrogen-bond acceptors (Lipinski definition) is 2. The Morgan fingerprint density at radius 2 is 2.00 bits per heavy atom. The van der Waals surface area contributed by atoms with Crippen LogP contribution in [0.1, 0.15) is 25.7 Å². The lowest BCUT2D eigenvalue weighted by atomic mass is 10.2. The van der Waals surface area contributed by atoms with Gasteiger partial charge in [0.2, 0.25) is 0 Å². The first-order valence-electron chi connectivity index (χ1n) is 4.93. The molecule has 0 fully saturated rings. The summed E-state index contributed by atoms with van der Waals surface area (Å²) in [4.78, 5) is 10.1. The van der Waals surface area contributed by atoms with Crippen LogP contribution in [-0.4, -0.2) is 37.6 Å². The van der Waals surface area contributed by atoms with Crippen LogP contribution in [0.3, 0.4) is 0 Å². The summed E-state index contributed by atoms with van der Waals surface area (Å²) in [7, 11) is 4.16. The van der Waals surface area contributed by atoms with Crippen LogP contribution in [0.25, 0.3) is 0 Å². The highest BCUT2D eigenvalue weighted by Gasteiger charge is 2.11. The number of hydrogen-bond donors (Lipinski definition) is 0. The Morgan fingerprint density at radius 3 is 2.50 bits per heavy atom. The first-order chi connectivity index (χ1) is 6.48. The number of rotatable bonds is 7. The molecule has 3 nitrogen and oxygen atoms in total. The number of quaternary nitrogens is 1. The average Bonchev–Trinajstić information content (AvgIpc) is 2.02. The number of terminal acetylenes is 1. The van der Waals surface area contributed by atoms with Crippen molar-refractivity contribution >= 4 is 5.97 Å². The van der Waals surface area contributed by atoms with Crippen LogP contribution in [0.2, 0.25) is 0 Å². The van der Waals surface area contributed by atoms with Crippen LogP contribution >= 0.6 is 0 Å². The SMILES string of the molecule is C#CC[N+](C)(C)CCCCCC(=O)[O-]. The van der Waals surface area contributed by atoms with Gasteiger partial charge >= 0.3 is 0 Å². The van der Waals surface area contributed by atoms with E-state index in [9.17, 15) is 9.90 Å². The average molecular weight is 197 g/mol. The number of carboxylic acids is 1. The van der Waals surface area contributed by atoms with Gasteiger partial charge in [0.25, 0.3) is 0 Å². The zero-order valence-electron chi connectivity index (χ0n) is 9.08. The molecule has 0 atom stereocenters. The number of carbonyl (C=O) groups excluding carboxylic acids is 1. The van der Waals surface area contributed by atoms with E-state index in [0.717, 1.165) is 30.4 Å². The molecule has 0 saturated carbocycles. The Morgan fingerprint density at radius 1 is 1.36 bits per heavy atom. The Bertz CT molecular complexity index is 216. The van der Waals surface area contributed by atoms with Crippen LogP contribution in [0.5, 0.6) is 0 Å². The first kappa shape index (κ1) is 13.0. The largest absolute Gasteiger partial charge is 0.550 e. The third-order valence-corrected chi connectivity index (χ3v) is 2.16. The normalized spacial score (nSPS) is 10.9. The summed E-state index contributed by atoms with van der Waals surface area (Å²) in [6.07, 6.45) is 8.06. The minimum Gasteiger partial charge on any atom is -0.550 e. The van der Waals surface area contributed by atoms with E-state index in [1.54, 1.807) is 0 Å². The van der Waals surface area contributed by atoms with Crippen molar-refractivity contribution in [2.24, 2.45) is 0 Å². The van der Waals surface area contributed by atoms with Crippen molar-refractivity contribution in [3.63, 3.8) is 0 Å². The van der Waals surface area contributed by atoms with Crippen molar-refractivity contribution in [2.45, 2.75) is 25.7 Å². The maximum absolute atomic E-state index is 10.1. The highest BCUT2D eigenvalue weighted by atomic mass is 16.4. The number of carboxylic acid groups (broad SMARTS) is 1. The van der Waals surface area contributed by atoms with Gasteiger partial charge in [0.1, 0.15) is 6.54 Å². The van der Waals surface area contributed by atoms with Crippen molar-refractivity contribution < 1.29 is 14.4 Å². The molecule has 3 heteroatoms. The second-order valence-electron chi connectivity index (χ2n) is 4.20. The van der Waals surface area contributed by atoms with Gasteiger partial charge in [0.15, 0.2) is 0 Å². The van der Waals surface area contributed by atoms with Gasteiger partial charge in [-0.15, -0.1) is 6.42 Å². The molecule has 0 aromatic rings. The van der Waals surface area contributed by atoms with Crippen LogP contribution < -0.4 is 5.11 Å². The van der Waals surface area contributed by atoms with Gasteiger partial charge in [0.05, 0.1) is 20.6 Å². The molecule has 0 bridgehead atoms. The van der Waals surface area contributed by atoms with Crippen molar-refractivity contribution in [1.29, 1.82) is 0 Å². The fourth-order valence-corrected chi connectivity index (χ4v) is 1.31. The van der Waals surface area contributed by atoms with Gasteiger partial charge in [-0.2, -0.15) is 0 Å². The fraction of sp³-hybridized carbons (Fsp3) is 0.727. The van der Waals surface area contributed by atoms with E-state index < -0.39 is 5.97 Å². The standard InChI is InChI=1S/C11H19NO2/c1-4-9-12(2,3)10-7-5-6-8-11(13)14/h1H,5-10H2,2-3H3. The Labute approximate surface area is 86.3 Å². The predicted octanol–water partition coefficient (Wildman–Crippen LogP) is 0.00630. The number of nitrogens with zero attached hydrogens (tertiary/aromatic N) is 1. The number of aliphatic carboxylic acids is 1. The van der Waals surface area contributed by atoms with Crippen LogP contribution in [0, 0.1) is 12.3 Å². The lowest BCUT2D eigenvalue weighted by Gasteiger charge is -2.27. The van der Waals surface area contributed by atoms with E-state index in [2.05, 4.69) is 20.0 Å². The molecule has 0 unspecified atom stereocenters. The van der Waals surface area contributed by atoms with Gasteiger partial charge in [-0.25, -0.2) is 0 Å². The van der Waals surface area contributed by atoms with Gasteiger partial charge in [-0.3, -0.25) is 0 Å². The summed E-state index contributed by atoms with van der Waals surface area (Å²) in [6, 6.07) is 0. The molecule has 0 rings (SSSR count). The summed E-state index contributed by atoms with van der Waals surface area (Å²) in [5.41, 5.74) is 0. The molecule has 0 aromatic carbocycles. The van der Waals surface area contributed by atoms with Crippen LogP contribution in [-0.2, 0) is 4.79 Å². The summed E-state index contributed by atoms with van der Waals surface area (Å²) in [5, 5.41) is 10.1. The smallest absolute Gasteiger partial charge is 0.140 e. The first-order valence-corrected chi connectivity index (χ1v) is 4.93. The summed E-state index contributed by atoms with van der Waals surface area (Å²) < 4.78 is 0.807. The molecule has 0 aliphatic heterocycles. The Hall–Kier alpha value is -1.01. The molecular weight excluding hydrogens is 178 g/mol. The molecule has 0 aliphatic carbocycles. The van der Waals surface area contributed by atoms with E-state index in [1.165, 1.54) is 0 Å². The lowest BCUT2D eigenvalue weighted by molar-refractivity contribution is -0.883. The zero-order valence-corrected chi connectivity index (χ0v) is 9.08. The third kappa shape index (κ3) is 7.63. The van der Waals surface area contributed by atoms with E-state index in [4.69, 9.17) is 6.42 Å². The summed E-state index contributed by atoms with van der Waals surface area (Å²) in [6.45, 7) is 1.72. The maximum atomic E-state index is 10.1. The molecule has 0 N–H and O–H groups in total. The van der Waals surface area contributed by atoms with Crippen molar-refractivity contribution in [3.8, 4) is 12.3 Å². The van der Waals surface area contributed by atoms with E-state index in [1.807, 2.05) is 0 Å². The summed E-state index contributed by atoms with van der Waals surface area (Å²) >= 11 is 0. The van der Waals surface area contributed by atoms with Crippen molar-refractivity contribution in [3.05, 3.63) is 0 Å². The van der Waals surface area contributed by atoms with Crippen molar-refractivity contribution in [2.75, 3.05) is 27.2 Å². The quantitative estimate of drug-likeness (QED) is 0.327. The van der Waals surface area contributed by atoms with Crippen LogP contribution in [0.4, 0.5) is 0 Å². The van der Waals surface area contributed by atoms with Gasteiger partial charge < -0.3 is 14.4 Å². The van der Waals surface area contributed by atoms with Crippen molar-refractivity contribution in [1.82, 2.24) is 0 Å². The topological polar surface area (TPSA) is 40.1 Å². The molecule has 0 saturated heterocycles. The van der Waals surface area contributed by atoms with Gasteiger partial charge in [-0.05, 0) is 31.6 Å². The molecule has 0 spiro atoms. The molecule has 0 amide bonds. The third-order valence-electron chi connectivity index (χ3n) is 2.16. The fourth-order valence-electron chi connectivity index (χ4n) is 1.31. The molecule has 0 aliphatic rings. The molecule has 14 heavy (non-hydrogen) atoms.